The molecule has 202 valence electrons. The Morgan fingerprint density at radius 2 is 1.95 bits per heavy atom. The highest BCUT2D eigenvalue weighted by molar-refractivity contribution is 6.33. The fourth-order valence-corrected chi connectivity index (χ4v) is 5.69. The number of rotatable bonds is 6. The largest absolute Gasteiger partial charge is 0.379 e. The minimum absolute atomic E-state index is 0.143. The van der Waals surface area contributed by atoms with E-state index in [1.54, 1.807) is 12.3 Å². The lowest BCUT2D eigenvalue weighted by Gasteiger charge is -2.30. The van der Waals surface area contributed by atoms with Crippen molar-refractivity contribution in [2.45, 2.75) is 51.5 Å². The van der Waals surface area contributed by atoms with Crippen molar-refractivity contribution < 1.29 is 13.9 Å². The normalized spacial score (nSPS) is 20.5. The monoisotopic (exact) mass is 543 g/mol. The van der Waals surface area contributed by atoms with Crippen molar-refractivity contribution in [2.75, 3.05) is 44.4 Å². The van der Waals surface area contributed by atoms with Gasteiger partial charge in [-0.25, -0.2) is 9.07 Å². The summed E-state index contributed by atoms with van der Waals surface area (Å²) in [5.41, 5.74) is 4.10. The Balaban J connectivity index is 1.19. The topological polar surface area (TPSA) is 90.5 Å². The molecule has 0 saturated carbocycles. The highest BCUT2D eigenvalue weighted by Gasteiger charge is 2.27. The van der Waals surface area contributed by atoms with Crippen LogP contribution in [0, 0.1) is 5.82 Å². The number of ether oxygens (including phenoxy) is 2. The lowest BCUT2D eigenvalue weighted by molar-refractivity contribution is -0.0424. The standard InChI is InChI=1S/C26H31ClFN7O3/c27-25-23(14-29-35(26(25)36)24-3-1-2-10-38-24)33-7-6-22-21(17-33)30-31-34(22)16-18-4-5-20(28)13-19(18)15-32-8-11-37-12-9-32/h4-5,13-14,24H,1-3,6-12,15-17H2. The van der Waals surface area contributed by atoms with Crippen LogP contribution in [0.5, 0.6) is 0 Å². The SMILES string of the molecule is O=c1c(Cl)c(N2CCc3c(nnn3Cc3ccc(F)cc3CN3CCOCC3)C2)cnn1C1CCCCO1. The van der Waals surface area contributed by atoms with E-state index >= 15 is 0 Å². The smallest absolute Gasteiger partial charge is 0.290 e. The molecule has 3 aliphatic rings. The summed E-state index contributed by atoms with van der Waals surface area (Å²) in [6.07, 6.45) is 4.71. The predicted molar refractivity (Wildman–Crippen MR) is 139 cm³/mol. The molecule has 12 heteroatoms. The molecule has 1 aromatic carbocycles. The second-order valence-corrected chi connectivity index (χ2v) is 10.4. The van der Waals surface area contributed by atoms with Gasteiger partial charge in [-0.1, -0.05) is 22.9 Å². The van der Waals surface area contributed by atoms with Crippen LogP contribution in [0.25, 0.3) is 0 Å². The molecule has 0 spiro atoms. The van der Waals surface area contributed by atoms with E-state index in [0.717, 1.165) is 54.9 Å². The highest BCUT2D eigenvalue weighted by Crippen LogP contribution is 2.29. The Morgan fingerprint density at radius 1 is 1.08 bits per heavy atom. The molecule has 2 saturated heterocycles. The molecule has 5 heterocycles. The van der Waals surface area contributed by atoms with Gasteiger partial charge in [0.25, 0.3) is 5.56 Å². The molecule has 0 amide bonds. The van der Waals surface area contributed by atoms with Crippen molar-refractivity contribution >= 4 is 17.3 Å². The first-order valence-corrected chi connectivity index (χ1v) is 13.6. The lowest BCUT2D eigenvalue weighted by Crippen LogP contribution is -2.36. The van der Waals surface area contributed by atoms with Gasteiger partial charge < -0.3 is 14.4 Å². The minimum Gasteiger partial charge on any atom is -0.379 e. The summed E-state index contributed by atoms with van der Waals surface area (Å²) < 4.78 is 28.5. The molecule has 0 bridgehead atoms. The van der Waals surface area contributed by atoms with E-state index in [-0.39, 0.29) is 22.6 Å². The Bertz CT molecular complexity index is 1350. The number of nitrogens with zero attached hydrogens (tertiary/aromatic N) is 7. The van der Waals surface area contributed by atoms with E-state index in [0.29, 0.717) is 58.1 Å². The zero-order valence-electron chi connectivity index (χ0n) is 21.2. The molecule has 38 heavy (non-hydrogen) atoms. The highest BCUT2D eigenvalue weighted by atomic mass is 35.5. The molecule has 10 nitrogen and oxygen atoms in total. The minimum atomic E-state index is -0.366. The fourth-order valence-electron chi connectivity index (χ4n) is 5.43. The number of hydrogen-bond donors (Lipinski definition) is 0. The van der Waals surface area contributed by atoms with Gasteiger partial charge in [-0.15, -0.1) is 5.10 Å². The number of fused-ring (bicyclic) bond motifs is 1. The van der Waals surface area contributed by atoms with E-state index < -0.39 is 0 Å². The van der Waals surface area contributed by atoms with Crippen molar-refractivity contribution in [3.05, 3.63) is 68.1 Å². The van der Waals surface area contributed by atoms with Gasteiger partial charge in [-0.05, 0) is 42.5 Å². The van der Waals surface area contributed by atoms with Crippen LogP contribution in [0.3, 0.4) is 0 Å². The summed E-state index contributed by atoms with van der Waals surface area (Å²) in [5.74, 6) is -0.240. The van der Waals surface area contributed by atoms with E-state index in [1.807, 2.05) is 15.6 Å². The van der Waals surface area contributed by atoms with Gasteiger partial charge in [0.05, 0.1) is 43.9 Å². The summed E-state index contributed by atoms with van der Waals surface area (Å²) in [4.78, 5) is 17.3. The maximum Gasteiger partial charge on any atom is 0.290 e. The van der Waals surface area contributed by atoms with Gasteiger partial charge in [0.15, 0.2) is 6.23 Å². The molecule has 2 fully saturated rings. The quantitative estimate of drug-likeness (QED) is 0.469. The number of morpholine rings is 1. The van der Waals surface area contributed by atoms with Gasteiger partial charge in [-0.2, -0.15) is 9.78 Å². The van der Waals surface area contributed by atoms with Crippen LogP contribution in [-0.2, 0) is 35.5 Å². The molecule has 0 aliphatic carbocycles. The van der Waals surface area contributed by atoms with Crippen molar-refractivity contribution in [3.8, 4) is 0 Å². The van der Waals surface area contributed by atoms with Crippen LogP contribution in [-0.4, -0.2) is 69.1 Å². The average molecular weight is 544 g/mol. The summed E-state index contributed by atoms with van der Waals surface area (Å²) in [6.45, 7) is 5.99. The second-order valence-electron chi connectivity index (χ2n) is 10.0. The van der Waals surface area contributed by atoms with Crippen molar-refractivity contribution in [2.24, 2.45) is 0 Å². The predicted octanol–water partition coefficient (Wildman–Crippen LogP) is 2.77. The van der Waals surface area contributed by atoms with Crippen LogP contribution < -0.4 is 10.5 Å². The maximum atomic E-state index is 14.1. The Kier molecular flexibility index (Phi) is 7.42. The number of aromatic nitrogens is 5. The van der Waals surface area contributed by atoms with Crippen LogP contribution in [0.1, 0.15) is 48.0 Å². The van der Waals surface area contributed by atoms with Crippen LogP contribution in [0.15, 0.2) is 29.2 Å². The fraction of sp³-hybridized carbons (Fsp3) is 0.538. The molecule has 3 aliphatic heterocycles. The molecule has 1 atom stereocenters. The van der Waals surface area contributed by atoms with Crippen LogP contribution in [0.2, 0.25) is 5.02 Å². The second kappa shape index (κ2) is 11.1. The Hall–Kier alpha value is -2.86. The zero-order valence-corrected chi connectivity index (χ0v) is 21.9. The molecule has 2 aromatic heterocycles. The molecule has 3 aromatic rings. The number of anilines is 1. The summed E-state index contributed by atoms with van der Waals surface area (Å²) in [5, 5.41) is 13.4. The van der Waals surface area contributed by atoms with Crippen LogP contribution >= 0.6 is 11.6 Å². The first-order valence-electron chi connectivity index (χ1n) is 13.2. The first-order chi connectivity index (χ1) is 18.6. The van der Waals surface area contributed by atoms with Gasteiger partial charge in [0.1, 0.15) is 16.5 Å². The zero-order chi connectivity index (χ0) is 26.1. The van der Waals surface area contributed by atoms with Gasteiger partial charge >= 0.3 is 0 Å². The maximum absolute atomic E-state index is 14.1. The third-order valence-corrected chi connectivity index (χ3v) is 7.91. The summed E-state index contributed by atoms with van der Waals surface area (Å²) in [7, 11) is 0. The average Bonchev–Trinajstić information content (AvgIpc) is 3.34. The molecule has 0 radical (unpaired) electrons. The molecule has 0 N–H and O–H groups in total. The number of hydrogen-bond acceptors (Lipinski definition) is 8. The molecular formula is C26H31ClFN7O3. The van der Waals surface area contributed by atoms with Gasteiger partial charge in [0.2, 0.25) is 0 Å². The van der Waals surface area contributed by atoms with Crippen molar-refractivity contribution in [1.82, 2.24) is 29.7 Å². The Morgan fingerprint density at radius 3 is 2.76 bits per heavy atom. The number of halogens is 2. The summed E-state index contributed by atoms with van der Waals surface area (Å²) >= 11 is 6.55. The number of benzene rings is 1. The van der Waals surface area contributed by atoms with E-state index in [2.05, 4.69) is 20.3 Å². The third-order valence-electron chi connectivity index (χ3n) is 7.56. The molecule has 1 unspecified atom stereocenters. The molecule has 6 rings (SSSR count). The first kappa shape index (κ1) is 25.4. The third kappa shape index (κ3) is 5.20. The van der Waals surface area contributed by atoms with E-state index in [4.69, 9.17) is 21.1 Å². The van der Waals surface area contributed by atoms with E-state index in [9.17, 15) is 9.18 Å². The van der Waals surface area contributed by atoms with Crippen molar-refractivity contribution in [1.29, 1.82) is 0 Å². The lowest BCUT2D eigenvalue weighted by atomic mass is 10.1. The van der Waals surface area contributed by atoms with Gasteiger partial charge in [-0.3, -0.25) is 9.69 Å². The van der Waals surface area contributed by atoms with E-state index in [1.165, 1.54) is 10.7 Å². The van der Waals surface area contributed by atoms with Crippen LogP contribution in [0.4, 0.5) is 10.1 Å². The van der Waals surface area contributed by atoms with Crippen molar-refractivity contribution in [3.63, 3.8) is 0 Å². The Labute approximate surface area is 224 Å². The summed E-state index contributed by atoms with van der Waals surface area (Å²) in [6, 6.07) is 4.95. The molecular weight excluding hydrogens is 513 g/mol. The van der Waals surface area contributed by atoms with Gasteiger partial charge in [0, 0.05) is 39.2 Å².